The van der Waals surface area contributed by atoms with Gasteiger partial charge in [0.15, 0.2) is 0 Å². The number of nitrogen functional groups attached to an aromatic ring is 1. The van der Waals surface area contributed by atoms with E-state index in [1.54, 1.807) is 51.8 Å². The van der Waals surface area contributed by atoms with Crippen molar-refractivity contribution in [2.24, 2.45) is 5.73 Å². The molecular weight excluding hydrogens is 285 g/mol. The van der Waals surface area contributed by atoms with Gasteiger partial charge in [0.1, 0.15) is 23.3 Å². The van der Waals surface area contributed by atoms with Crippen LogP contribution in [0.25, 0.3) is 0 Å². The quantitative estimate of drug-likeness (QED) is 0.497. The van der Waals surface area contributed by atoms with Crippen molar-refractivity contribution in [3.8, 4) is 0 Å². The number of nitrogens with zero attached hydrogens (tertiary/aromatic N) is 1. The van der Waals surface area contributed by atoms with Gasteiger partial charge < -0.3 is 10.5 Å². The van der Waals surface area contributed by atoms with Crippen LogP contribution in [0.4, 0.5) is 4.39 Å². The number of nitrogens with two attached hydrogens (primary N) is 1. The van der Waals surface area contributed by atoms with E-state index in [9.17, 15) is 9.18 Å². The number of amidine groups is 1. The van der Waals surface area contributed by atoms with Gasteiger partial charge in [-0.2, -0.15) is 0 Å². The normalized spacial score (nSPS) is 13.0. The number of benzene rings is 1. The Labute approximate surface area is 130 Å². The van der Waals surface area contributed by atoms with Crippen molar-refractivity contribution in [2.45, 2.75) is 45.9 Å². The van der Waals surface area contributed by atoms with Gasteiger partial charge in [-0.3, -0.25) is 15.1 Å². The van der Waals surface area contributed by atoms with Crippen LogP contribution < -0.4 is 5.73 Å². The predicted molar refractivity (Wildman–Crippen MR) is 84.2 cm³/mol. The van der Waals surface area contributed by atoms with Crippen molar-refractivity contribution in [1.29, 1.82) is 5.41 Å². The van der Waals surface area contributed by atoms with Crippen molar-refractivity contribution in [3.63, 3.8) is 0 Å². The molecular formula is C16H24FN3O2. The van der Waals surface area contributed by atoms with Crippen LogP contribution in [0.15, 0.2) is 18.2 Å². The van der Waals surface area contributed by atoms with Crippen LogP contribution >= 0.6 is 0 Å². The zero-order chi connectivity index (χ0) is 17.1. The fraction of sp³-hybridized carbons (Fsp3) is 0.500. The number of hydrogen-bond acceptors (Lipinski definition) is 4. The Balaban J connectivity index is 2.78. The number of nitrogens with one attached hydrogen (secondary N) is 1. The number of carbonyl (C=O) groups excluding carboxylic acids is 1. The standard InChI is InChI=1S/C16H24FN3O2/c1-10(15(21)22-16(2,3)4)20(5)9-12-7-6-11(14(18)19)8-13(12)17/h6-8,10H,9H2,1-5H3,(H3,18,19). The first-order valence-corrected chi connectivity index (χ1v) is 7.07. The zero-order valence-electron chi connectivity index (χ0n) is 13.7. The molecule has 0 aromatic heterocycles. The van der Waals surface area contributed by atoms with Crippen LogP contribution in [0.2, 0.25) is 0 Å². The highest BCUT2D eigenvalue weighted by Crippen LogP contribution is 2.15. The zero-order valence-corrected chi connectivity index (χ0v) is 13.7. The summed E-state index contributed by atoms with van der Waals surface area (Å²) in [4.78, 5) is 13.7. The van der Waals surface area contributed by atoms with Gasteiger partial charge in [0.05, 0.1) is 0 Å². The summed E-state index contributed by atoms with van der Waals surface area (Å²) in [5, 5.41) is 7.29. The van der Waals surface area contributed by atoms with E-state index in [0.717, 1.165) is 0 Å². The van der Waals surface area contributed by atoms with Gasteiger partial charge in [0, 0.05) is 17.7 Å². The third-order valence-electron chi connectivity index (χ3n) is 3.19. The molecule has 1 unspecified atom stereocenters. The third-order valence-corrected chi connectivity index (χ3v) is 3.19. The fourth-order valence-corrected chi connectivity index (χ4v) is 1.82. The molecule has 0 saturated carbocycles. The van der Waals surface area contributed by atoms with Gasteiger partial charge >= 0.3 is 5.97 Å². The van der Waals surface area contributed by atoms with Gasteiger partial charge in [0.2, 0.25) is 0 Å². The molecule has 1 atom stereocenters. The van der Waals surface area contributed by atoms with Crippen molar-refractivity contribution in [2.75, 3.05) is 7.05 Å². The average Bonchev–Trinajstić information content (AvgIpc) is 2.37. The van der Waals surface area contributed by atoms with E-state index in [-0.39, 0.29) is 18.3 Å². The smallest absolute Gasteiger partial charge is 0.323 e. The molecule has 0 radical (unpaired) electrons. The van der Waals surface area contributed by atoms with E-state index >= 15 is 0 Å². The summed E-state index contributed by atoms with van der Waals surface area (Å²) in [6.45, 7) is 7.38. The number of carbonyl (C=O) groups is 1. The minimum atomic E-state index is -0.555. The highest BCUT2D eigenvalue weighted by Gasteiger charge is 2.25. The van der Waals surface area contributed by atoms with Crippen molar-refractivity contribution >= 4 is 11.8 Å². The maximum atomic E-state index is 14.0. The van der Waals surface area contributed by atoms with Crippen LogP contribution in [0.3, 0.4) is 0 Å². The fourth-order valence-electron chi connectivity index (χ4n) is 1.82. The average molecular weight is 309 g/mol. The van der Waals surface area contributed by atoms with Crippen molar-refractivity contribution < 1.29 is 13.9 Å². The molecule has 0 fully saturated rings. The molecule has 0 spiro atoms. The monoisotopic (exact) mass is 309 g/mol. The molecule has 0 aliphatic rings. The molecule has 22 heavy (non-hydrogen) atoms. The SMILES string of the molecule is CC(C(=O)OC(C)(C)C)N(C)Cc1ccc(C(=N)N)cc1F. The summed E-state index contributed by atoms with van der Waals surface area (Å²) in [6.07, 6.45) is 0. The van der Waals surface area contributed by atoms with E-state index < -0.39 is 17.5 Å². The van der Waals surface area contributed by atoms with E-state index in [2.05, 4.69) is 0 Å². The molecule has 0 aliphatic heterocycles. The lowest BCUT2D eigenvalue weighted by Crippen LogP contribution is -2.40. The lowest BCUT2D eigenvalue weighted by Gasteiger charge is -2.27. The lowest BCUT2D eigenvalue weighted by atomic mass is 10.1. The van der Waals surface area contributed by atoms with Crippen LogP contribution in [0.1, 0.15) is 38.8 Å². The maximum Gasteiger partial charge on any atom is 0.323 e. The molecule has 0 bridgehead atoms. The second-order valence-corrected chi connectivity index (χ2v) is 6.34. The van der Waals surface area contributed by atoms with E-state index in [0.29, 0.717) is 11.1 Å². The molecule has 1 rings (SSSR count). The summed E-state index contributed by atoms with van der Waals surface area (Å²) in [6, 6.07) is 3.90. The van der Waals surface area contributed by atoms with Crippen molar-refractivity contribution in [1.82, 2.24) is 4.90 Å². The molecule has 5 nitrogen and oxygen atoms in total. The summed E-state index contributed by atoms with van der Waals surface area (Å²) < 4.78 is 19.3. The topological polar surface area (TPSA) is 79.4 Å². The molecule has 1 aromatic carbocycles. The Bertz CT molecular complexity index is 567. The van der Waals surface area contributed by atoms with E-state index in [4.69, 9.17) is 15.9 Å². The van der Waals surface area contributed by atoms with Gasteiger partial charge in [-0.15, -0.1) is 0 Å². The summed E-state index contributed by atoms with van der Waals surface area (Å²) >= 11 is 0. The van der Waals surface area contributed by atoms with Crippen LogP contribution in [-0.4, -0.2) is 35.4 Å². The summed E-state index contributed by atoms with van der Waals surface area (Å²) in [7, 11) is 1.73. The van der Waals surface area contributed by atoms with Crippen molar-refractivity contribution in [3.05, 3.63) is 35.1 Å². The molecule has 122 valence electrons. The second kappa shape index (κ2) is 6.87. The van der Waals surface area contributed by atoms with Crippen LogP contribution in [-0.2, 0) is 16.1 Å². The Hall–Kier alpha value is -1.95. The maximum absolute atomic E-state index is 14.0. The summed E-state index contributed by atoms with van der Waals surface area (Å²) in [5.74, 6) is -0.979. The lowest BCUT2D eigenvalue weighted by molar-refractivity contribution is -0.160. The molecule has 0 aliphatic carbocycles. The molecule has 0 heterocycles. The number of ether oxygens (including phenoxy) is 1. The number of halogens is 1. The predicted octanol–water partition coefficient (Wildman–Crippen LogP) is 2.27. The Kier molecular flexibility index (Phi) is 5.65. The van der Waals surface area contributed by atoms with Crippen LogP contribution in [0, 0.1) is 11.2 Å². The third kappa shape index (κ3) is 5.11. The van der Waals surface area contributed by atoms with Gasteiger partial charge in [-0.25, -0.2) is 4.39 Å². The Morgan fingerprint density at radius 2 is 2.05 bits per heavy atom. The van der Waals surface area contributed by atoms with E-state index in [1.165, 1.54) is 6.07 Å². The number of likely N-dealkylation sites (N-methyl/N-ethyl adjacent to an activating group) is 1. The van der Waals surface area contributed by atoms with Gasteiger partial charge in [-0.1, -0.05) is 12.1 Å². The molecule has 0 saturated heterocycles. The minimum Gasteiger partial charge on any atom is -0.459 e. The van der Waals surface area contributed by atoms with E-state index in [1.807, 2.05) is 0 Å². The van der Waals surface area contributed by atoms with Crippen LogP contribution in [0.5, 0.6) is 0 Å². The van der Waals surface area contributed by atoms with Gasteiger partial charge in [0.25, 0.3) is 0 Å². The molecule has 3 N–H and O–H groups in total. The Morgan fingerprint density at radius 1 is 1.45 bits per heavy atom. The first-order chi connectivity index (χ1) is 10.0. The molecule has 0 amide bonds. The largest absolute Gasteiger partial charge is 0.459 e. The van der Waals surface area contributed by atoms with Gasteiger partial charge in [-0.05, 0) is 40.8 Å². The number of hydrogen-bond donors (Lipinski definition) is 2. The minimum absolute atomic E-state index is 0.180. The highest BCUT2D eigenvalue weighted by atomic mass is 19.1. The number of esters is 1. The second-order valence-electron chi connectivity index (χ2n) is 6.34. The molecule has 6 heteroatoms. The highest BCUT2D eigenvalue weighted by molar-refractivity contribution is 5.94. The molecule has 1 aromatic rings. The first kappa shape index (κ1) is 18.1. The number of rotatable bonds is 5. The Morgan fingerprint density at radius 3 is 2.50 bits per heavy atom. The summed E-state index contributed by atoms with van der Waals surface area (Å²) in [5.41, 5.74) is 5.54. The first-order valence-electron chi connectivity index (χ1n) is 7.07.